The first-order valence-corrected chi connectivity index (χ1v) is 14.5. The topological polar surface area (TPSA) is 143 Å². The van der Waals surface area contributed by atoms with Crippen LogP contribution in [0.2, 0.25) is 0 Å². The zero-order valence-corrected chi connectivity index (χ0v) is 24.2. The van der Waals surface area contributed by atoms with E-state index < -0.39 is 35.3 Å². The summed E-state index contributed by atoms with van der Waals surface area (Å²) in [7, 11) is 0. The molecule has 1 aliphatic heterocycles. The van der Waals surface area contributed by atoms with Gasteiger partial charge < -0.3 is 20.6 Å². The SMILES string of the molecule is CC1(C)C(=O)N(c2ccc(C#N)c(C3CC3)c2)C(=O)N1Cc1ccc(F)cc1NC(=O)Nc1ccc(SCC(=O)O)cc1. The van der Waals surface area contributed by atoms with Crippen LogP contribution in [0.1, 0.15) is 49.3 Å². The Labute approximate surface area is 251 Å². The van der Waals surface area contributed by atoms with E-state index in [1.165, 1.54) is 17.0 Å². The predicted molar refractivity (Wildman–Crippen MR) is 159 cm³/mol. The molecule has 1 saturated heterocycles. The molecule has 0 bridgehead atoms. The molecule has 0 spiro atoms. The number of carbonyl (C=O) groups excluding carboxylic acids is 3. The van der Waals surface area contributed by atoms with Crippen molar-refractivity contribution in [3.05, 3.63) is 83.2 Å². The number of rotatable bonds is 9. The van der Waals surface area contributed by atoms with Gasteiger partial charge in [0.2, 0.25) is 0 Å². The molecule has 3 aromatic carbocycles. The lowest BCUT2D eigenvalue weighted by Crippen LogP contribution is -2.43. The quantitative estimate of drug-likeness (QED) is 0.197. The van der Waals surface area contributed by atoms with Crippen LogP contribution in [-0.4, -0.2) is 45.2 Å². The monoisotopic (exact) mass is 601 g/mol. The molecule has 12 heteroatoms. The van der Waals surface area contributed by atoms with Gasteiger partial charge in [-0.15, -0.1) is 11.8 Å². The zero-order valence-electron chi connectivity index (χ0n) is 23.4. The number of anilines is 3. The fraction of sp³-hybridized carbons (Fsp3) is 0.258. The standard InChI is InChI=1S/C31H28FN5O5S/c1-31(2)28(40)37(23-10-6-19(15-33)25(14-23)18-3-4-18)30(42)36(31)16-20-5-7-21(32)13-26(20)35-29(41)34-22-8-11-24(12-9-22)43-17-27(38)39/h5-14,18H,3-4,16-17H2,1-2H3,(H,38,39)(H2,34,35,41). The lowest BCUT2D eigenvalue weighted by Gasteiger charge is -2.28. The van der Waals surface area contributed by atoms with Crippen molar-refractivity contribution in [2.45, 2.75) is 49.6 Å². The number of benzene rings is 3. The summed E-state index contributed by atoms with van der Waals surface area (Å²) in [5.41, 5.74) is 1.44. The average Bonchev–Trinajstić information content (AvgIpc) is 3.79. The number of carboxylic acid groups (broad SMARTS) is 1. The van der Waals surface area contributed by atoms with Gasteiger partial charge in [0.05, 0.1) is 35.3 Å². The molecule has 1 saturated carbocycles. The molecule has 3 N–H and O–H groups in total. The second-order valence-corrected chi connectivity index (χ2v) is 11.9. The van der Waals surface area contributed by atoms with Gasteiger partial charge in [-0.3, -0.25) is 9.59 Å². The van der Waals surface area contributed by atoms with Gasteiger partial charge in [0.15, 0.2) is 0 Å². The first-order chi connectivity index (χ1) is 20.5. The number of nitrogens with zero attached hydrogens (tertiary/aromatic N) is 3. The van der Waals surface area contributed by atoms with E-state index in [9.17, 15) is 28.8 Å². The first kappa shape index (κ1) is 29.6. The van der Waals surface area contributed by atoms with Gasteiger partial charge in [-0.2, -0.15) is 5.26 Å². The van der Waals surface area contributed by atoms with Crippen LogP contribution in [0.25, 0.3) is 0 Å². The van der Waals surface area contributed by atoms with Crippen molar-refractivity contribution < 1.29 is 28.7 Å². The van der Waals surface area contributed by atoms with Crippen LogP contribution in [0.15, 0.2) is 65.6 Å². The molecule has 3 aromatic rings. The highest BCUT2D eigenvalue weighted by Gasteiger charge is 2.52. The molecule has 10 nitrogen and oxygen atoms in total. The highest BCUT2D eigenvalue weighted by molar-refractivity contribution is 8.00. The van der Waals surface area contributed by atoms with Crippen LogP contribution >= 0.6 is 11.8 Å². The number of imide groups is 1. The van der Waals surface area contributed by atoms with E-state index in [1.54, 1.807) is 56.3 Å². The number of aliphatic carboxylic acids is 1. The van der Waals surface area contributed by atoms with Gasteiger partial charge in [0, 0.05) is 10.6 Å². The fourth-order valence-corrected chi connectivity index (χ4v) is 5.51. The molecule has 0 atom stereocenters. The van der Waals surface area contributed by atoms with E-state index in [2.05, 4.69) is 16.7 Å². The Morgan fingerprint density at radius 2 is 1.79 bits per heavy atom. The van der Waals surface area contributed by atoms with Crippen LogP contribution in [0, 0.1) is 17.1 Å². The smallest absolute Gasteiger partial charge is 0.332 e. The Morgan fingerprint density at radius 3 is 2.44 bits per heavy atom. The van der Waals surface area contributed by atoms with Gasteiger partial charge in [0.1, 0.15) is 11.4 Å². The summed E-state index contributed by atoms with van der Waals surface area (Å²) in [6, 6.07) is 16.3. The molecular weight excluding hydrogens is 573 g/mol. The minimum absolute atomic E-state index is 0.0920. The van der Waals surface area contributed by atoms with Crippen molar-refractivity contribution in [1.82, 2.24) is 4.90 Å². The molecule has 5 amide bonds. The third-order valence-corrected chi connectivity index (χ3v) is 8.37. The third-order valence-electron chi connectivity index (χ3n) is 7.38. The molecule has 43 heavy (non-hydrogen) atoms. The molecule has 0 unspecified atom stereocenters. The number of urea groups is 2. The first-order valence-electron chi connectivity index (χ1n) is 13.5. The molecule has 2 fully saturated rings. The highest BCUT2D eigenvalue weighted by atomic mass is 32.2. The number of hydrogen-bond acceptors (Lipinski definition) is 6. The Kier molecular flexibility index (Phi) is 8.10. The summed E-state index contributed by atoms with van der Waals surface area (Å²) in [6.45, 7) is 3.16. The van der Waals surface area contributed by atoms with E-state index in [1.807, 2.05) is 0 Å². The van der Waals surface area contributed by atoms with Crippen molar-refractivity contribution in [1.29, 1.82) is 5.26 Å². The third kappa shape index (κ3) is 6.32. The summed E-state index contributed by atoms with van der Waals surface area (Å²) in [6.07, 6.45) is 1.89. The minimum atomic E-state index is -1.25. The normalized spacial score (nSPS) is 15.8. The van der Waals surface area contributed by atoms with Crippen molar-refractivity contribution in [2.24, 2.45) is 0 Å². The number of hydrogen-bond donors (Lipinski definition) is 3. The van der Waals surface area contributed by atoms with Gasteiger partial charge in [-0.25, -0.2) is 18.9 Å². The van der Waals surface area contributed by atoms with E-state index >= 15 is 0 Å². The Balaban J connectivity index is 1.33. The summed E-state index contributed by atoms with van der Waals surface area (Å²) in [5, 5.41) is 23.6. The number of carboxylic acids is 1. The maximum atomic E-state index is 14.3. The second kappa shape index (κ2) is 11.8. The van der Waals surface area contributed by atoms with Crippen LogP contribution in [-0.2, 0) is 16.1 Å². The summed E-state index contributed by atoms with van der Waals surface area (Å²) in [4.78, 5) is 54.0. The maximum absolute atomic E-state index is 14.3. The average molecular weight is 602 g/mol. The van der Waals surface area contributed by atoms with Gasteiger partial charge >= 0.3 is 18.0 Å². The lowest BCUT2D eigenvalue weighted by atomic mass is 10.0. The van der Waals surface area contributed by atoms with Crippen LogP contribution in [0.4, 0.5) is 31.0 Å². The molecule has 1 aliphatic carbocycles. The predicted octanol–water partition coefficient (Wildman–Crippen LogP) is 6.14. The molecule has 0 radical (unpaired) electrons. The van der Waals surface area contributed by atoms with E-state index in [4.69, 9.17) is 5.11 Å². The molecule has 220 valence electrons. The molecule has 5 rings (SSSR count). The maximum Gasteiger partial charge on any atom is 0.332 e. The number of nitriles is 1. The highest BCUT2D eigenvalue weighted by Crippen LogP contribution is 2.44. The van der Waals surface area contributed by atoms with Crippen molar-refractivity contribution in [2.75, 3.05) is 21.3 Å². The van der Waals surface area contributed by atoms with Crippen molar-refractivity contribution >= 4 is 52.8 Å². The van der Waals surface area contributed by atoms with Crippen molar-refractivity contribution in [3.63, 3.8) is 0 Å². The van der Waals surface area contributed by atoms with Gasteiger partial charge in [-0.05, 0) is 98.3 Å². The summed E-state index contributed by atoms with van der Waals surface area (Å²) < 4.78 is 14.3. The van der Waals surface area contributed by atoms with Gasteiger partial charge in [0.25, 0.3) is 5.91 Å². The minimum Gasteiger partial charge on any atom is -0.481 e. The number of amides is 5. The van der Waals surface area contributed by atoms with E-state index in [0.717, 1.165) is 41.1 Å². The molecule has 2 aliphatic rings. The lowest BCUT2D eigenvalue weighted by molar-refractivity contribution is -0.134. The summed E-state index contributed by atoms with van der Waals surface area (Å²) in [5.74, 6) is -1.84. The molecule has 0 aromatic heterocycles. The van der Waals surface area contributed by atoms with E-state index in [0.29, 0.717) is 27.4 Å². The fourth-order valence-electron chi connectivity index (χ4n) is 4.89. The number of halogens is 1. The Morgan fingerprint density at radius 1 is 1.07 bits per heavy atom. The van der Waals surface area contributed by atoms with E-state index in [-0.39, 0.29) is 23.9 Å². The van der Waals surface area contributed by atoms with Gasteiger partial charge in [-0.1, -0.05) is 6.07 Å². The van der Waals surface area contributed by atoms with Crippen LogP contribution in [0.5, 0.6) is 0 Å². The number of carbonyl (C=O) groups is 4. The summed E-state index contributed by atoms with van der Waals surface area (Å²) >= 11 is 1.14. The van der Waals surface area contributed by atoms with Crippen LogP contribution < -0.4 is 15.5 Å². The Hall–Kier alpha value is -4.89. The second-order valence-electron chi connectivity index (χ2n) is 10.8. The zero-order chi connectivity index (χ0) is 30.9. The number of thioether (sulfide) groups is 1. The molecular formula is C31H28FN5O5S. The van der Waals surface area contributed by atoms with Crippen LogP contribution in [0.3, 0.4) is 0 Å². The largest absolute Gasteiger partial charge is 0.481 e. The Bertz CT molecular complexity index is 1670. The van der Waals surface area contributed by atoms with Crippen molar-refractivity contribution in [3.8, 4) is 6.07 Å². The number of nitrogens with one attached hydrogen (secondary N) is 2. The molecule has 1 heterocycles.